The lowest BCUT2D eigenvalue weighted by molar-refractivity contribution is -0.141. The molecule has 1 rings (SSSR count). The summed E-state index contributed by atoms with van der Waals surface area (Å²) in [6, 6.07) is 4.85. The normalized spacial score (nSPS) is 9.86. The average Bonchev–Trinajstić information content (AvgIpc) is 2.20. The molecule has 4 nitrogen and oxygen atoms in total. The van der Waals surface area contributed by atoms with Gasteiger partial charge in [-0.2, -0.15) is 0 Å². The second kappa shape index (κ2) is 4.95. The summed E-state index contributed by atoms with van der Waals surface area (Å²) in [6.07, 6.45) is 0. The van der Waals surface area contributed by atoms with Crippen molar-refractivity contribution in [3.05, 3.63) is 34.2 Å². The fraction of sp³-hybridized carbons (Fsp3) is 0.333. The number of carbonyl (C=O) groups excluding carboxylic acids is 1. The van der Waals surface area contributed by atoms with E-state index in [0.717, 1.165) is 5.69 Å². The Morgan fingerprint density at radius 1 is 1.57 bits per heavy atom. The van der Waals surface area contributed by atoms with E-state index in [4.69, 9.17) is 0 Å². The van der Waals surface area contributed by atoms with Crippen molar-refractivity contribution in [1.29, 1.82) is 0 Å². The van der Waals surface area contributed by atoms with E-state index in [9.17, 15) is 9.59 Å². The third-order valence-electron chi connectivity index (χ3n) is 1.79. The first-order valence-corrected chi connectivity index (χ1v) is 5.12. The molecule has 0 radical (unpaired) electrons. The van der Waals surface area contributed by atoms with Gasteiger partial charge in [-0.05, 0) is 6.07 Å². The minimum atomic E-state index is -0.430. The lowest BCUT2D eigenvalue weighted by atomic mass is 10.3. The molecule has 0 aromatic carbocycles. The van der Waals surface area contributed by atoms with Crippen LogP contribution in [-0.4, -0.2) is 17.6 Å². The Balaban J connectivity index is 3.05. The van der Waals surface area contributed by atoms with Crippen LogP contribution in [0.4, 0.5) is 0 Å². The number of nitrogens with zero attached hydrogens (tertiary/aromatic N) is 1. The van der Waals surface area contributed by atoms with E-state index in [0.29, 0.717) is 5.33 Å². The Morgan fingerprint density at radius 2 is 2.29 bits per heavy atom. The SMILES string of the molecule is COC(=O)Cn1c(CBr)cccc1=O. The van der Waals surface area contributed by atoms with Gasteiger partial charge in [0.1, 0.15) is 6.54 Å². The third kappa shape index (κ3) is 2.45. The summed E-state index contributed by atoms with van der Waals surface area (Å²) in [4.78, 5) is 22.4. The number of hydrogen-bond donors (Lipinski definition) is 0. The van der Waals surface area contributed by atoms with Gasteiger partial charge in [0.25, 0.3) is 5.56 Å². The molecule has 1 aromatic rings. The van der Waals surface area contributed by atoms with Crippen LogP contribution in [0.25, 0.3) is 0 Å². The van der Waals surface area contributed by atoms with Gasteiger partial charge >= 0.3 is 5.97 Å². The van der Waals surface area contributed by atoms with E-state index in [1.807, 2.05) is 0 Å². The Kier molecular flexibility index (Phi) is 3.88. The number of halogens is 1. The van der Waals surface area contributed by atoms with Gasteiger partial charge in [0.2, 0.25) is 0 Å². The topological polar surface area (TPSA) is 48.3 Å². The predicted octanol–water partition coefficient (Wildman–Crippen LogP) is 0.916. The summed E-state index contributed by atoms with van der Waals surface area (Å²) in [5.41, 5.74) is 0.551. The second-order valence-electron chi connectivity index (χ2n) is 2.65. The highest BCUT2D eigenvalue weighted by molar-refractivity contribution is 9.08. The lowest BCUT2D eigenvalue weighted by Gasteiger charge is -2.08. The van der Waals surface area contributed by atoms with Gasteiger partial charge in [0.05, 0.1) is 7.11 Å². The number of carbonyl (C=O) groups is 1. The maximum absolute atomic E-state index is 11.4. The van der Waals surface area contributed by atoms with Crippen LogP contribution in [0.2, 0.25) is 0 Å². The first-order valence-electron chi connectivity index (χ1n) is 4.00. The minimum Gasteiger partial charge on any atom is -0.468 e. The number of rotatable bonds is 3. The summed E-state index contributed by atoms with van der Waals surface area (Å²) in [7, 11) is 1.30. The van der Waals surface area contributed by atoms with Crippen LogP contribution in [0.1, 0.15) is 5.69 Å². The quantitative estimate of drug-likeness (QED) is 0.599. The number of alkyl halides is 1. The molecule has 0 aliphatic rings. The molecule has 0 N–H and O–H groups in total. The highest BCUT2D eigenvalue weighted by atomic mass is 79.9. The Bertz CT molecular complexity index is 386. The number of ether oxygens (including phenoxy) is 1. The summed E-state index contributed by atoms with van der Waals surface area (Å²) in [5.74, 6) is -0.430. The second-order valence-corrected chi connectivity index (χ2v) is 3.21. The highest BCUT2D eigenvalue weighted by Gasteiger charge is 2.07. The highest BCUT2D eigenvalue weighted by Crippen LogP contribution is 2.02. The Hall–Kier alpha value is -1.10. The van der Waals surface area contributed by atoms with E-state index in [1.165, 1.54) is 17.7 Å². The maximum atomic E-state index is 11.4. The molecule has 76 valence electrons. The number of aromatic nitrogens is 1. The van der Waals surface area contributed by atoms with Crippen LogP contribution in [0.3, 0.4) is 0 Å². The van der Waals surface area contributed by atoms with E-state index in [-0.39, 0.29) is 12.1 Å². The van der Waals surface area contributed by atoms with Crippen molar-refractivity contribution in [2.45, 2.75) is 11.9 Å². The molecule has 0 spiro atoms. The molecule has 0 unspecified atom stereocenters. The number of esters is 1. The minimum absolute atomic E-state index is 0.0445. The van der Waals surface area contributed by atoms with Gasteiger partial charge < -0.3 is 9.30 Å². The van der Waals surface area contributed by atoms with Crippen LogP contribution in [0, 0.1) is 0 Å². The largest absolute Gasteiger partial charge is 0.468 e. The predicted molar refractivity (Wildman–Crippen MR) is 55.3 cm³/mol. The number of methoxy groups -OCH3 is 1. The van der Waals surface area contributed by atoms with Crippen molar-refractivity contribution in [3.63, 3.8) is 0 Å². The fourth-order valence-corrected chi connectivity index (χ4v) is 1.54. The first kappa shape index (κ1) is 11.0. The zero-order valence-electron chi connectivity index (χ0n) is 7.70. The molecule has 0 aliphatic heterocycles. The van der Waals surface area contributed by atoms with Crippen molar-refractivity contribution >= 4 is 21.9 Å². The average molecular weight is 260 g/mol. The molecular formula is C9H10BrNO3. The Labute approximate surface area is 89.6 Å². The third-order valence-corrected chi connectivity index (χ3v) is 2.37. The molecule has 0 aliphatic carbocycles. The Morgan fingerprint density at radius 3 is 2.86 bits per heavy atom. The maximum Gasteiger partial charge on any atom is 0.325 e. The van der Waals surface area contributed by atoms with Crippen LogP contribution in [0.5, 0.6) is 0 Å². The van der Waals surface area contributed by atoms with Crippen molar-refractivity contribution in [1.82, 2.24) is 4.57 Å². The van der Waals surface area contributed by atoms with Gasteiger partial charge in [-0.1, -0.05) is 22.0 Å². The molecule has 14 heavy (non-hydrogen) atoms. The monoisotopic (exact) mass is 259 g/mol. The van der Waals surface area contributed by atoms with Crippen molar-refractivity contribution in [2.75, 3.05) is 7.11 Å². The van der Waals surface area contributed by atoms with E-state index in [1.54, 1.807) is 12.1 Å². The summed E-state index contributed by atoms with van der Waals surface area (Å²) in [5, 5.41) is 0.528. The van der Waals surface area contributed by atoms with Crippen molar-refractivity contribution in [2.24, 2.45) is 0 Å². The molecule has 0 bridgehead atoms. The molecular weight excluding hydrogens is 250 g/mol. The zero-order chi connectivity index (χ0) is 10.6. The van der Waals surface area contributed by atoms with Gasteiger partial charge in [0.15, 0.2) is 0 Å². The van der Waals surface area contributed by atoms with E-state index >= 15 is 0 Å². The van der Waals surface area contributed by atoms with Gasteiger partial charge in [-0.25, -0.2) is 0 Å². The van der Waals surface area contributed by atoms with E-state index < -0.39 is 5.97 Å². The lowest BCUT2D eigenvalue weighted by Crippen LogP contribution is -2.26. The van der Waals surface area contributed by atoms with Crippen LogP contribution >= 0.6 is 15.9 Å². The summed E-state index contributed by atoms with van der Waals surface area (Å²) in [6.45, 7) is -0.0445. The molecule has 0 saturated heterocycles. The van der Waals surface area contributed by atoms with Crippen LogP contribution in [0.15, 0.2) is 23.0 Å². The first-order chi connectivity index (χ1) is 6.69. The van der Waals surface area contributed by atoms with Crippen LogP contribution < -0.4 is 5.56 Å². The molecule has 0 atom stereocenters. The van der Waals surface area contributed by atoms with Crippen molar-refractivity contribution in [3.8, 4) is 0 Å². The molecule has 1 heterocycles. The fourth-order valence-electron chi connectivity index (χ4n) is 1.05. The van der Waals surface area contributed by atoms with Gasteiger partial charge in [-0.3, -0.25) is 9.59 Å². The van der Waals surface area contributed by atoms with Gasteiger partial charge in [0, 0.05) is 17.1 Å². The van der Waals surface area contributed by atoms with Gasteiger partial charge in [-0.15, -0.1) is 0 Å². The van der Waals surface area contributed by atoms with E-state index in [2.05, 4.69) is 20.7 Å². The summed E-state index contributed by atoms with van der Waals surface area (Å²) < 4.78 is 5.87. The molecule has 1 aromatic heterocycles. The standard InChI is InChI=1S/C9H10BrNO3/c1-14-9(13)6-11-7(5-10)3-2-4-8(11)12/h2-4H,5-6H2,1H3. The smallest absolute Gasteiger partial charge is 0.325 e. The molecule has 0 amide bonds. The van der Waals surface area contributed by atoms with Crippen molar-refractivity contribution < 1.29 is 9.53 Å². The molecule has 0 saturated carbocycles. The molecule has 5 heteroatoms. The van der Waals surface area contributed by atoms with Crippen LogP contribution in [-0.2, 0) is 21.4 Å². The number of pyridine rings is 1. The summed E-state index contributed by atoms with van der Waals surface area (Å²) >= 11 is 3.24. The molecule has 0 fully saturated rings. The zero-order valence-corrected chi connectivity index (χ0v) is 9.28. The number of hydrogen-bond acceptors (Lipinski definition) is 3.